The number of para-hydroxylation sites is 1. The summed E-state index contributed by atoms with van der Waals surface area (Å²) in [7, 11) is 0. The molecule has 1 amide bonds. The monoisotopic (exact) mass is 940 g/mol. The van der Waals surface area contributed by atoms with Gasteiger partial charge in [0, 0.05) is 74.2 Å². The van der Waals surface area contributed by atoms with E-state index in [2.05, 4.69) is 17.1 Å². The van der Waals surface area contributed by atoms with Crippen molar-refractivity contribution < 1.29 is 67.0 Å². The third kappa shape index (κ3) is 14.1. The van der Waals surface area contributed by atoms with Crippen molar-refractivity contribution in [1.29, 1.82) is 0 Å². The number of ether oxygens (including phenoxy) is 8. The predicted octanol–water partition coefficient (Wildman–Crippen LogP) is 6.33. The number of aromatic nitrogens is 1. The van der Waals surface area contributed by atoms with Crippen molar-refractivity contribution in [2.45, 2.75) is 127 Å². The van der Waals surface area contributed by atoms with E-state index in [9.17, 15) is 29.1 Å². The van der Waals surface area contributed by atoms with Gasteiger partial charge in [0.1, 0.15) is 5.75 Å². The minimum absolute atomic E-state index is 0.0401. The Labute approximate surface area is 387 Å². The van der Waals surface area contributed by atoms with Crippen molar-refractivity contribution >= 4 is 53.1 Å². The van der Waals surface area contributed by atoms with E-state index in [1.54, 1.807) is 18.0 Å². The molecule has 1 unspecified atom stereocenters. The Morgan fingerprint density at radius 1 is 0.831 bits per heavy atom. The number of hydrogen-bond donors (Lipinski definition) is 1. The molecule has 1 aliphatic heterocycles. The van der Waals surface area contributed by atoms with Gasteiger partial charge in [0.2, 0.25) is 12.4 Å². The maximum absolute atomic E-state index is 14.3. The molecule has 0 spiro atoms. The number of rotatable bonds is 24. The van der Waals surface area contributed by atoms with Gasteiger partial charge in [-0.3, -0.25) is 29.0 Å². The summed E-state index contributed by atoms with van der Waals surface area (Å²) in [5, 5.41) is 9.87. The topological polar surface area (TPSA) is 196 Å². The Kier molecular flexibility index (Phi) is 18.0. The summed E-state index contributed by atoms with van der Waals surface area (Å²) < 4.78 is 45.9. The van der Waals surface area contributed by atoms with E-state index in [1.165, 1.54) is 4.90 Å². The minimum atomic E-state index is -1.69. The molecule has 0 bridgehead atoms. The van der Waals surface area contributed by atoms with E-state index in [1.807, 2.05) is 42.6 Å². The zero-order valence-electron chi connectivity index (χ0n) is 37.1. The summed E-state index contributed by atoms with van der Waals surface area (Å²) in [5.41, 5.74) is 3.52. The number of unbranched alkanes of at least 4 members (excludes halogenated alkanes) is 2. The zero-order chi connectivity index (χ0) is 46.5. The lowest BCUT2D eigenvalue weighted by molar-refractivity contribution is -0.292. The molecule has 2 aromatic carbocycles. The number of nitrogens with zero attached hydrogens (tertiary/aromatic N) is 2. The third-order valence-electron chi connectivity index (χ3n) is 10.9. The summed E-state index contributed by atoms with van der Waals surface area (Å²) >= 11 is 8.39. The van der Waals surface area contributed by atoms with Crippen LogP contribution in [-0.4, -0.2) is 120 Å². The largest absolute Gasteiger partial charge is 0.490 e. The van der Waals surface area contributed by atoms with E-state index in [4.69, 9.17) is 49.5 Å². The van der Waals surface area contributed by atoms with Gasteiger partial charge in [0.15, 0.2) is 18.3 Å². The molecule has 1 N–H and O–H groups in total. The van der Waals surface area contributed by atoms with Gasteiger partial charge in [-0.25, -0.2) is 0 Å². The number of amides is 1. The van der Waals surface area contributed by atoms with E-state index in [-0.39, 0.29) is 39.0 Å². The number of halogens is 1. The lowest BCUT2D eigenvalue weighted by Crippen LogP contribution is -2.65. The summed E-state index contributed by atoms with van der Waals surface area (Å²) in [6.45, 7) is 4.83. The predicted molar refractivity (Wildman–Crippen MR) is 237 cm³/mol. The normalized spacial score (nSPS) is 20.9. The zero-order valence-corrected chi connectivity index (χ0v) is 38.6. The first kappa shape index (κ1) is 49.6. The van der Waals surface area contributed by atoms with Crippen LogP contribution in [0.3, 0.4) is 0 Å². The first-order valence-corrected chi connectivity index (χ1v) is 23.2. The van der Waals surface area contributed by atoms with Crippen molar-refractivity contribution in [3.63, 3.8) is 0 Å². The fourth-order valence-corrected chi connectivity index (χ4v) is 8.72. The van der Waals surface area contributed by atoms with Crippen LogP contribution in [0.4, 0.5) is 0 Å². The lowest BCUT2D eigenvalue weighted by Gasteiger charge is -2.44. The highest BCUT2D eigenvalue weighted by molar-refractivity contribution is 7.99. The van der Waals surface area contributed by atoms with Crippen molar-refractivity contribution in [2.75, 3.05) is 38.7 Å². The highest BCUT2D eigenvalue weighted by atomic mass is 35.5. The molecule has 3 aliphatic rings. The van der Waals surface area contributed by atoms with Gasteiger partial charge < -0.3 is 47.9 Å². The van der Waals surface area contributed by atoms with Crippen LogP contribution in [0.5, 0.6) is 5.75 Å². The molecule has 3 aromatic rings. The van der Waals surface area contributed by atoms with E-state index in [0.29, 0.717) is 18.1 Å². The molecule has 2 saturated carbocycles. The smallest absolute Gasteiger partial charge is 0.305 e. The molecule has 2 heterocycles. The van der Waals surface area contributed by atoms with Crippen LogP contribution in [-0.2, 0) is 69.3 Å². The number of carbonyl (C=O) groups excluding carboxylic acids is 5. The molecule has 6 rings (SSSR count). The van der Waals surface area contributed by atoms with E-state index >= 15 is 0 Å². The number of thioether (sulfide) groups is 1. The second-order valence-electron chi connectivity index (χ2n) is 16.1. The molecule has 16 nitrogen and oxygen atoms in total. The van der Waals surface area contributed by atoms with Crippen LogP contribution in [0.1, 0.15) is 83.8 Å². The van der Waals surface area contributed by atoms with Gasteiger partial charge in [-0.2, -0.15) is 0 Å². The van der Waals surface area contributed by atoms with Crippen molar-refractivity contribution in [2.24, 2.45) is 0 Å². The summed E-state index contributed by atoms with van der Waals surface area (Å²) in [6.07, 6.45) is 1.88. The number of pyridine rings is 1. The SMILES string of the molecule is CC(=O)OC1O[C@H](C(=O)N(CCCCCSc2ccc(Cl)c(COC3(c4cnccc4-c4ccccc4OC4CC4)CC3)c2)CCOCCO)[C@@H](OC(C)=O)[C@H](OC(C)=O)[C@H]1OC(C)=O. The molecule has 1 aromatic heterocycles. The summed E-state index contributed by atoms with van der Waals surface area (Å²) in [5.74, 6) is -2.38. The molecule has 65 heavy (non-hydrogen) atoms. The minimum Gasteiger partial charge on any atom is -0.490 e. The van der Waals surface area contributed by atoms with E-state index in [0.717, 1.165) is 105 Å². The van der Waals surface area contributed by atoms with Gasteiger partial charge in [-0.1, -0.05) is 36.2 Å². The van der Waals surface area contributed by atoms with Crippen LogP contribution < -0.4 is 4.74 Å². The number of hydrogen-bond acceptors (Lipinski definition) is 16. The van der Waals surface area contributed by atoms with Crippen LogP contribution >= 0.6 is 23.4 Å². The molecule has 5 atom stereocenters. The first-order valence-electron chi connectivity index (χ1n) is 21.9. The summed E-state index contributed by atoms with van der Waals surface area (Å²) in [4.78, 5) is 70.1. The Hall–Kier alpha value is -4.78. The van der Waals surface area contributed by atoms with Crippen LogP contribution in [0.2, 0.25) is 5.02 Å². The lowest BCUT2D eigenvalue weighted by atomic mass is 9.96. The number of esters is 4. The second-order valence-corrected chi connectivity index (χ2v) is 17.7. The average Bonchev–Trinajstić information content (AvgIpc) is 4.22. The van der Waals surface area contributed by atoms with Gasteiger partial charge in [0.25, 0.3) is 5.91 Å². The quantitative estimate of drug-likeness (QED) is 0.0452. The highest BCUT2D eigenvalue weighted by Gasteiger charge is 2.56. The van der Waals surface area contributed by atoms with Gasteiger partial charge >= 0.3 is 23.9 Å². The molecule has 352 valence electrons. The molecule has 18 heteroatoms. The maximum Gasteiger partial charge on any atom is 0.305 e. The fourth-order valence-electron chi connectivity index (χ4n) is 7.58. The Balaban J connectivity index is 1.07. The number of benzene rings is 2. The van der Waals surface area contributed by atoms with Crippen molar-refractivity contribution in [3.05, 3.63) is 77.1 Å². The summed E-state index contributed by atoms with van der Waals surface area (Å²) in [6, 6.07) is 16.1. The maximum atomic E-state index is 14.3. The number of aliphatic hydroxyl groups is 1. The average molecular weight is 941 g/mol. The Morgan fingerprint density at radius 3 is 2.23 bits per heavy atom. The van der Waals surface area contributed by atoms with Gasteiger partial charge in [-0.15, -0.1) is 11.8 Å². The molecular formula is C47H57ClN2O14S. The molecule has 2 aliphatic carbocycles. The number of carbonyl (C=O) groups is 5. The first-order chi connectivity index (χ1) is 31.3. The van der Waals surface area contributed by atoms with Crippen LogP contribution in [0, 0.1) is 0 Å². The molecule has 1 saturated heterocycles. The molecule has 3 fully saturated rings. The Bertz CT molecular complexity index is 2130. The van der Waals surface area contributed by atoms with Gasteiger partial charge in [-0.05, 0) is 85.7 Å². The third-order valence-corrected chi connectivity index (χ3v) is 12.3. The van der Waals surface area contributed by atoms with E-state index < -0.39 is 66.1 Å². The highest BCUT2D eigenvalue weighted by Crippen LogP contribution is 2.53. The second kappa shape index (κ2) is 23.6. The van der Waals surface area contributed by atoms with Crippen molar-refractivity contribution in [1.82, 2.24) is 9.88 Å². The van der Waals surface area contributed by atoms with Crippen molar-refractivity contribution in [3.8, 4) is 16.9 Å². The molecule has 0 radical (unpaired) electrons. The van der Waals surface area contributed by atoms with Crippen LogP contribution in [0.15, 0.2) is 65.8 Å². The fraction of sp³-hybridized carbons (Fsp3) is 0.532. The van der Waals surface area contributed by atoms with Gasteiger partial charge in [0.05, 0.1) is 38.1 Å². The van der Waals surface area contributed by atoms with Crippen LogP contribution in [0.25, 0.3) is 11.1 Å². The molecular weight excluding hydrogens is 884 g/mol. The number of aliphatic hydroxyl groups excluding tert-OH is 1. The standard InChI is InChI=1S/C47H57ClN2O14S/c1-29(52)59-41-42(60-30(2)53)44(61-31(3)54)46(62-32(4)55)64-43(41)45(56)50(21-23-57-24-22-51)20-8-5-9-25-65-35-14-15-39(48)33(26-35)28-58-47(17-18-47)38-27-49-19-16-36(38)37-10-6-7-11-40(37)63-34-12-13-34/h6-7,10-11,14-16,19,26-27,34,41-44,46,51H,5,8-9,12-13,17-18,20-25,28H2,1-4H3/t41-,42-,43-,44+,46?/m0/s1. The Morgan fingerprint density at radius 2 is 1.54 bits per heavy atom.